The van der Waals surface area contributed by atoms with E-state index in [1.807, 2.05) is 35.0 Å². The largest absolute Gasteiger partial charge is 0.465 e. The highest BCUT2D eigenvalue weighted by Crippen LogP contribution is 2.29. The average molecular weight is 368 g/mol. The van der Waals surface area contributed by atoms with Gasteiger partial charge in [-0.05, 0) is 37.3 Å². The zero-order chi connectivity index (χ0) is 19.5. The second-order valence-corrected chi connectivity index (χ2v) is 6.60. The SMILES string of the molecule is COC(=O)c1ccc(-n2nc(-c3ccc(C)cc3)cc2-c2ccccc2)cc1. The van der Waals surface area contributed by atoms with E-state index in [0.717, 1.165) is 28.2 Å². The summed E-state index contributed by atoms with van der Waals surface area (Å²) >= 11 is 0. The van der Waals surface area contributed by atoms with Gasteiger partial charge in [-0.3, -0.25) is 0 Å². The highest BCUT2D eigenvalue weighted by atomic mass is 16.5. The standard InChI is InChI=1S/C24H20N2O2/c1-17-8-10-18(11-9-17)22-16-23(19-6-4-3-5-7-19)26(25-22)21-14-12-20(13-15-21)24(27)28-2/h3-16H,1-2H3. The minimum absolute atomic E-state index is 0.351. The second-order valence-electron chi connectivity index (χ2n) is 6.60. The lowest BCUT2D eigenvalue weighted by Gasteiger charge is -2.08. The van der Waals surface area contributed by atoms with E-state index >= 15 is 0 Å². The van der Waals surface area contributed by atoms with Gasteiger partial charge in [0.15, 0.2) is 0 Å². The first-order valence-corrected chi connectivity index (χ1v) is 9.07. The summed E-state index contributed by atoms with van der Waals surface area (Å²) < 4.78 is 6.69. The van der Waals surface area contributed by atoms with Crippen LogP contribution in [0.15, 0.2) is 84.9 Å². The third-order valence-electron chi connectivity index (χ3n) is 4.66. The molecule has 0 amide bonds. The number of rotatable bonds is 4. The molecule has 0 spiro atoms. The van der Waals surface area contributed by atoms with Crippen LogP contribution in [0.3, 0.4) is 0 Å². The van der Waals surface area contributed by atoms with Crippen LogP contribution in [0.2, 0.25) is 0 Å². The molecule has 1 heterocycles. The summed E-state index contributed by atoms with van der Waals surface area (Å²) in [6.45, 7) is 2.07. The summed E-state index contributed by atoms with van der Waals surface area (Å²) in [5, 5.41) is 4.85. The molecule has 1 aromatic heterocycles. The van der Waals surface area contributed by atoms with Crippen molar-refractivity contribution >= 4 is 5.97 Å². The lowest BCUT2D eigenvalue weighted by atomic mass is 10.1. The molecule has 0 aliphatic carbocycles. The van der Waals surface area contributed by atoms with E-state index in [4.69, 9.17) is 9.84 Å². The minimum Gasteiger partial charge on any atom is -0.465 e. The summed E-state index contributed by atoms with van der Waals surface area (Å²) in [6.07, 6.45) is 0. The van der Waals surface area contributed by atoms with Crippen molar-refractivity contribution in [3.63, 3.8) is 0 Å². The van der Waals surface area contributed by atoms with Gasteiger partial charge in [0, 0.05) is 11.1 Å². The zero-order valence-electron chi connectivity index (χ0n) is 15.8. The van der Waals surface area contributed by atoms with E-state index < -0.39 is 0 Å². The predicted molar refractivity (Wildman–Crippen MR) is 111 cm³/mol. The zero-order valence-corrected chi connectivity index (χ0v) is 15.8. The molecule has 0 unspecified atom stereocenters. The molecular weight excluding hydrogens is 348 g/mol. The summed E-state index contributed by atoms with van der Waals surface area (Å²) in [5.74, 6) is -0.351. The van der Waals surface area contributed by atoms with Gasteiger partial charge in [0.1, 0.15) is 0 Å². The number of hydrogen-bond donors (Lipinski definition) is 0. The van der Waals surface area contributed by atoms with Gasteiger partial charge in [-0.15, -0.1) is 0 Å². The van der Waals surface area contributed by atoms with Crippen molar-refractivity contribution in [1.29, 1.82) is 0 Å². The molecule has 4 nitrogen and oxygen atoms in total. The molecule has 4 aromatic rings. The maximum absolute atomic E-state index is 11.7. The smallest absolute Gasteiger partial charge is 0.337 e. The van der Waals surface area contributed by atoms with E-state index in [1.165, 1.54) is 12.7 Å². The van der Waals surface area contributed by atoms with E-state index in [1.54, 1.807) is 12.1 Å². The van der Waals surface area contributed by atoms with Gasteiger partial charge in [-0.2, -0.15) is 5.10 Å². The summed E-state index contributed by atoms with van der Waals surface area (Å²) in [4.78, 5) is 11.7. The van der Waals surface area contributed by atoms with Crippen LogP contribution < -0.4 is 0 Å². The normalized spacial score (nSPS) is 10.6. The Labute approximate surface area is 164 Å². The number of aryl methyl sites for hydroxylation is 1. The number of carbonyl (C=O) groups is 1. The number of benzene rings is 3. The van der Waals surface area contributed by atoms with Crippen LogP contribution in [0, 0.1) is 6.92 Å². The molecule has 0 radical (unpaired) electrons. The number of hydrogen-bond acceptors (Lipinski definition) is 3. The monoisotopic (exact) mass is 368 g/mol. The fraction of sp³-hybridized carbons (Fsp3) is 0.0833. The van der Waals surface area contributed by atoms with Gasteiger partial charge in [-0.25, -0.2) is 9.48 Å². The Morgan fingerprint density at radius 1 is 0.857 bits per heavy atom. The molecule has 138 valence electrons. The van der Waals surface area contributed by atoms with Gasteiger partial charge < -0.3 is 4.74 Å². The number of nitrogens with zero attached hydrogens (tertiary/aromatic N) is 2. The van der Waals surface area contributed by atoms with Crippen molar-refractivity contribution in [1.82, 2.24) is 9.78 Å². The van der Waals surface area contributed by atoms with E-state index in [2.05, 4.69) is 49.4 Å². The van der Waals surface area contributed by atoms with Crippen molar-refractivity contribution in [2.75, 3.05) is 7.11 Å². The van der Waals surface area contributed by atoms with E-state index in [-0.39, 0.29) is 5.97 Å². The second kappa shape index (κ2) is 7.53. The predicted octanol–water partition coefficient (Wildman–Crippen LogP) is 5.30. The fourth-order valence-corrected chi connectivity index (χ4v) is 3.11. The Morgan fingerprint density at radius 2 is 1.54 bits per heavy atom. The van der Waals surface area contributed by atoms with Crippen molar-refractivity contribution in [2.24, 2.45) is 0 Å². The first-order valence-electron chi connectivity index (χ1n) is 9.07. The molecule has 0 aliphatic rings. The molecule has 0 saturated heterocycles. The summed E-state index contributed by atoms with van der Waals surface area (Å²) in [6, 6.07) is 27.8. The van der Waals surface area contributed by atoms with Crippen molar-refractivity contribution in [2.45, 2.75) is 6.92 Å². The van der Waals surface area contributed by atoms with Crippen molar-refractivity contribution < 1.29 is 9.53 Å². The molecule has 0 atom stereocenters. The summed E-state index contributed by atoms with van der Waals surface area (Å²) in [7, 11) is 1.38. The number of ether oxygens (including phenoxy) is 1. The lowest BCUT2D eigenvalue weighted by molar-refractivity contribution is 0.0600. The third-order valence-corrected chi connectivity index (χ3v) is 4.66. The van der Waals surface area contributed by atoms with Crippen LogP contribution in [-0.4, -0.2) is 22.9 Å². The molecule has 0 bridgehead atoms. The van der Waals surface area contributed by atoms with Crippen molar-refractivity contribution in [3.8, 4) is 28.2 Å². The maximum atomic E-state index is 11.7. The number of carbonyl (C=O) groups excluding carboxylic acids is 1. The first kappa shape index (κ1) is 17.7. The van der Waals surface area contributed by atoms with Crippen molar-refractivity contribution in [3.05, 3.63) is 96.1 Å². The molecule has 28 heavy (non-hydrogen) atoms. The molecule has 0 fully saturated rings. The number of aromatic nitrogens is 2. The third kappa shape index (κ3) is 3.45. The molecule has 0 saturated carbocycles. The Bertz CT molecular complexity index is 1100. The fourth-order valence-electron chi connectivity index (χ4n) is 3.11. The molecule has 4 rings (SSSR count). The topological polar surface area (TPSA) is 44.1 Å². The minimum atomic E-state index is -0.351. The van der Waals surface area contributed by atoms with Crippen LogP contribution in [0.4, 0.5) is 0 Å². The molecular formula is C24H20N2O2. The van der Waals surface area contributed by atoms with Gasteiger partial charge in [0.2, 0.25) is 0 Å². The Balaban J connectivity index is 1.83. The first-order chi connectivity index (χ1) is 13.7. The Morgan fingerprint density at radius 3 is 2.18 bits per heavy atom. The Hall–Kier alpha value is -3.66. The van der Waals surface area contributed by atoms with Crippen LogP contribution in [0.5, 0.6) is 0 Å². The molecule has 3 aromatic carbocycles. The van der Waals surface area contributed by atoms with Crippen LogP contribution in [-0.2, 0) is 4.74 Å². The quantitative estimate of drug-likeness (QED) is 0.459. The summed E-state index contributed by atoms with van der Waals surface area (Å²) in [5.41, 5.74) is 6.63. The molecule has 0 N–H and O–H groups in total. The lowest BCUT2D eigenvalue weighted by Crippen LogP contribution is -2.03. The van der Waals surface area contributed by atoms with Crippen LogP contribution in [0.25, 0.3) is 28.2 Å². The van der Waals surface area contributed by atoms with Gasteiger partial charge in [-0.1, -0.05) is 60.2 Å². The average Bonchev–Trinajstić information content (AvgIpc) is 3.20. The van der Waals surface area contributed by atoms with Gasteiger partial charge in [0.25, 0.3) is 0 Å². The number of esters is 1. The molecule has 4 heteroatoms. The van der Waals surface area contributed by atoms with Crippen LogP contribution in [0.1, 0.15) is 15.9 Å². The highest BCUT2D eigenvalue weighted by molar-refractivity contribution is 5.89. The number of methoxy groups -OCH3 is 1. The van der Waals surface area contributed by atoms with E-state index in [0.29, 0.717) is 5.56 Å². The van der Waals surface area contributed by atoms with Gasteiger partial charge >= 0.3 is 5.97 Å². The van der Waals surface area contributed by atoms with E-state index in [9.17, 15) is 4.79 Å². The molecule has 0 aliphatic heterocycles. The van der Waals surface area contributed by atoms with Gasteiger partial charge in [0.05, 0.1) is 29.7 Å². The Kier molecular flexibility index (Phi) is 4.77. The van der Waals surface area contributed by atoms with Crippen LogP contribution >= 0.6 is 0 Å². The maximum Gasteiger partial charge on any atom is 0.337 e. The highest BCUT2D eigenvalue weighted by Gasteiger charge is 2.14.